The number of nitrogens with zero attached hydrogens (tertiary/aromatic N) is 5. The summed E-state index contributed by atoms with van der Waals surface area (Å²) in [5.74, 6) is 1.15. The van der Waals surface area contributed by atoms with Gasteiger partial charge >= 0.3 is 0 Å². The highest BCUT2D eigenvalue weighted by atomic mass is 35.5. The zero-order valence-corrected chi connectivity index (χ0v) is 24.0. The van der Waals surface area contributed by atoms with E-state index in [0.29, 0.717) is 17.9 Å². The number of fused-ring (bicyclic) bond motifs is 1. The number of rotatable bonds is 8. The molecule has 208 valence electrons. The fourth-order valence-corrected chi connectivity index (χ4v) is 5.55. The van der Waals surface area contributed by atoms with Crippen LogP contribution in [0, 0.1) is 5.82 Å². The Morgan fingerprint density at radius 1 is 0.927 bits per heavy atom. The van der Waals surface area contributed by atoms with Gasteiger partial charge in [0, 0.05) is 61.3 Å². The first-order valence-electron chi connectivity index (χ1n) is 13.6. The van der Waals surface area contributed by atoms with Gasteiger partial charge in [0.25, 0.3) is 0 Å². The second kappa shape index (κ2) is 12.3. The van der Waals surface area contributed by atoms with Gasteiger partial charge in [-0.1, -0.05) is 42.0 Å². The highest BCUT2D eigenvalue weighted by Gasteiger charge is 2.20. The first-order chi connectivity index (χ1) is 20.0. The van der Waals surface area contributed by atoms with Crippen molar-refractivity contribution in [1.29, 1.82) is 0 Å². The maximum atomic E-state index is 13.9. The van der Waals surface area contributed by atoms with Crippen LogP contribution in [0.25, 0.3) is 28.2 Å². The average Bonchev–Trinajstić information content (AvgIpc) is 3.39. The van der Waals surface area contributed by atoms with E-state index in [2.05, 4.69) is 19.8 Å². The van der Waals surface area contributed by atoms with Crippen molar-refractivity contribution in [1.82, 2.24) is 24.3 Å². The van der Waals surface area contributed by atoms with Crippen LogP contribution in [0.3, 0.4) is 0 Å². The summed E-state index contributed by atoms with van der Waals surface area (Å²) in [7, 11) is 0. The third-order valence-electron chi connectivity index (χ3n) is 7.24. The van der Waals surface area contributed by atoms with Crippen molar-refractivity contribution < 1.29 is 9.13 Å². The molecule has 0 bridgehead atoms. The van der Waals surface area contributed by atoms with E-state index in [1.807, 2.05) is 71.3 Å². The molecule has 1 aliphatic rings. The fraction of sp³-hybridized carbons (Fsp3) is 0.219. The van der Waals surface area contributed by atoms with Crippen LogP contribution >= 0.6 is 23.8 Å². The van der Waals surface area contributed by atoms with Gasteiger partial charge in [0.15, 0.2) is 5.82 Å². The lowest BCUT2D eigenvalue weighted by molar-refractivity contribution is 0.171. The van der Waals surface area contributed by atoms with Gasteiger partial charge in [-0.25, -0.2) is 9.37 Å². The molecule has 5 aromatic rings. The van der Waals surface area contributed by atoms with E-state index in [9.17, 15) is 4.39 Å². The highest BCUT2D eigenvalue weighted by Crippen LogP contribution is 2.29. The summed E-state index contributed by atoms with van der Waals surface area (Å²) in [6, 6.07) is 26.0. The molecule has 0 amide bonds. The zero-order chi connectivity index (χ0) is 28.2. The predicted molar refractivity (Wildman–Crippen MR) is 166 cm³/mol. The van der Waals surface area contributed by atoms with Crippen molar-refractivity contribution >= 4 is 39.8 Å². The Hall–Kier alpha value is -3.85. The van der Waals surface area contributed by atoms with Crippen LogP contribution in [0.5, 0.6) is 5.75 Å². The molecule has 41 heavy (non-hydrogen) atoms. The van der Waals surface area contributed by atoms with E-state index in [-0.39, 0.29) is 5.82 Å². The normalized spacial score (nSPS) is 14.0. The van der Waals surface area contributed by atoms with Gasteiger partial charge in [-0.3, -0.25) is 14.5 Å². The number of ether oxygens (including phenoxy) is 1. The second-order valence-corrected chi connectivity index (χ2v) is 10.8. The molecule has 0 spiro atoms. The molecular weight excluding hydrogens is 557 g/mol. The number of pyridine rings is 1. The number of halogens is 2. The molecule has 1 saturated heterocycles. The molecule has 2 aromatic heterocycles. The van der Waals surface area contributed by atoms with Crippen molar-refractivity contribution in [3.05, 3.63) is 108 Å². The van der Waals surface area contributed by atoms with Crippen LogP contribution in [0.2, 0.25) is 5.02 Å². The number of hydrogen-bond acceptors (Lipinski definition) is 5. The monoisotopic (exact) mass is 585 g/mol. The molecule has 3 heterocycles. The van der Waals surface area contributed by atoms with Crippen molar-refractivity contribution in [2.24, 2.45) is 0 Å². The van der Waals surface area contributed by atoms with Gasteiger partial charge in [-0.2, -0.15) is 0 Å². The zero-order valence-electron chi connectivity index (χ0n) is 22.4. The van der Waals surface area contributed by atoms with Crippen molar-refractivity contribution in [3.8, 4) is 23.0 Å². The third kappa shape index (κ3) is 6.25. The minimum Gasteiger partial charge on any atom is -0.494 e. The molecule has 6 nitrogen and oxygen atoms in total. The molecule has 0 atom stereocenters. The second-order valence-electron chi connectivity index (χ2n) is 9.96. The van der Waals surface area contributed by atoms with Crippen LogP contribution in [0.1, 0.15) is 12.0 Å². The number of piperazine rings is 1. The average molecular weight is 586 g/mol. The Morgan fingerprint density at radius 2 is 1.71 bits per heavy atom. The predicted octanol–water partition coefficient (Wildman–Crippen LogP) is 6.64. The number of thiocarbonyl (C=S) groups is 1. The van der Waals surface area contributed by atoms with Crippen LogP contribution in [-0.2, 0) is 0 Å². The maximum absolute atomic E-state index is 13.9. The lowest BCUT2D eigenvalue weighted by Gasteiger charge is -2.36. The number of aromatic nitrogens is 3. The highest BCUT2D eigenvalue weighted by molar-refractivity contribution is 7.80. The third-order valence-corrected chi connectivity index (χ3v) is 7.99. The Morgan fingerprint density at radius 3 is 2.44 bits per heavy atom. The SMILES string of the molecule is Fc1ccc2c(c1)nc(-c1ccccn1)n2-c1ccc(OCCCN2CCN(C(=S)c3ccc(Cl)cc3)CC2)cc1. The fourth-order valence-electron chi connectivity index (χ4n) is 5.10. The molecular formula is C32H29ClFN5OS. The smallest absolute Gasteiger partial charge is 0.164 e. The summed E-state index contributed by atoms with van der Waals surface area (Å²) in [5, 5.41) is 0.721. The molecule has 0 unspecified atom stereocenters. The largest absolute Gasteiger partial charge is 0.494 e. The molecule has 6 rings (SSSR count). The summed E-state index contributed by atoms with van der Waals surface area (Å²) in [5.41, 5.74) is 4.06. The lowest BCUT2D eigenvalue weighted by atomic mass is 10.2. The Balaban J connectivity index is 1.03. The summed E-state index contributed by atoms with van der Waals surface area (Å²) in [6.45, 7) is 5.40. The standard InChI is InChI=1S/C32H29ClFN5OS/c33-24-7-5-23(6-8-24)32(41)38-19-17-37(18-20-38)16-3-21-40-27-12-10-26(11-13-27)39-30-14-9-25(34)22-29(30)36-31(39)28-4-1-2-15-35-28/h1-2,4-15,22H,3,16-21H2. The van der Waals surface area contributed by atoms with Crippen LogP contribution in [0.15, 0.2) is 91.1 Å². The molecule has 0 aliphatic carbocycles. The molecule has 3 aromatic carbocycles. The van der Waals surface area contributed by atoms with Crippen LogP contribution in [0.4, 0.5) is 4.39 Å². The molecule has 0 N–H and O–H groups in total. The van der Waals surface area contributed by atoms with Crippen LogP contribution < -0.4 is 4.74 Å². The minimum absolute atomic E-state index is 0.318. The van der Waals surface area contributed by atoms with Crippen molar-refractivity contribution in [2.75, 3.05) is 39.3 Å². The molecule has 9 heteroatoms. The molecule has 1 aliphatic heterocycles. The van der Waals surface area contributed by atoms with Crippen molar-refractivity contribution in [3.63, 3.8) is 0 Å². The lowest BCUT2D eigenvalue weighted by Crippen LogP contribution is -2.48. The molecule has 0 saturated carbocycles. The number of benzene rings is 3. The molecule has 0 radical (unpaired) electrons. The van der Waals surface area contributed by atoms with Gasteiger partial charge in [-0.05, 0) is 67.1 Å². The summed E-state index contributed by atoms with van der Waals surface area (Å²) in [4.78, 5) is 14.8. The number of imidazole rings is 1. The van der Waals surface area contributed by atoms with E-state index in [4.69, 9.17) is 28.6 Å². The summed E-state index contributed by atoms with van der Waals surface area (Å²) in [6.07, 6.45) is 2.66. The minimum atomic E-state index is -0.318. The van der Waals surface area contributed by atoms with Gasteiger partial charge < -0.3 is 9.64 Å². The van der Waals surface area contributed by atoms with E-state index in [1.165, 1.54) is 12.1 Å². The Kier molecular flexibility index (Phi) is 8.23. The first-order valence-corrected chi connectivity index (χ1v) is 14.4. The maximum Gasteiger partial charge on any atom is 0.164 e. The Bertz CT molecular complexity index is 1640. The van der Waals surface area contributed by atoms with E-state index in [0.717, 1.165) is 77.4 Å². The van der Waals surface area contributed by atoms with Crippen LogP contribution in [-0.4, -0.2) is 68.7 Å². The Labute approximate surface area is 249 Å². The quantitative estimate of drug-likeness (QED) is 0.150. The van der Waals surface area contributed by atoms with Crippen molar-refractivity contribution in [2.45, 2.75) is 6.42 Å². The topological polar surface area (TPSA) is 46.4 Å². The van der Waals surface area contributed by atoms with Gasteiger partial charge in [0.2, 0.25) is 0 Å². The first kappa shape index (κ1) is 27.3. The van der Waals surface area contributed by atoms with E-state index >= 15 is 0 Å². The summed E-state index contributed by atoms with van der Waals surface area (Å²) >= 11 is 11.7. The van der Waals surface area contributed by atoms with Gasteiger partial charge in [0.05, 0.1) is 17.6 Å². The number of hydrogen-bond donors (Lipinski definition) is 0. The van der Waals surface area contributed by atoms with Gasteiger partial charge in [-0.15, -0.1) is 0 Å². The summed E-state index contributed by atoms with van der Waals surface area (Å²) < 4.78 is 22.0. The van der Waals surface area contributed by atoms with Gasteiger partial charge in [0.1, 0.15) is 22.2 Å². The molecule has 1 fully saturated rings. The van der Waals surface area contributed by atoms with E-state index < -0.39 is 0 Å². The van der Waals surface area contributed by atoms with E-state index in [1.54, 1.807) is 12.3 Å².